The number of hydrogen-bond donors (Lipinski definition) is 1. The second-order valence-electron chi connectivity index (χ2n) is 9.71. The molecule has 2 heterocycles. The molecular weight excluding hydrogens is 392 g/mol. The summed E-state index contributed by atoms with van der Waals surface area (Å²) in [6.07, 6.45) is 7.97. The minimum absolute atomic E-state index is 0.0695. The first-order valence-corrected chi connectivity index (χ1v) is 12.0. The van der Waals surface area contributed by atoms with Gasteiger partial charge >= 0.3 is 5.97 Å². The van der Waals surface area contributed by atoms with E-state index in [0.717, 1.165) is 31.4 Å². The van der Waals surface area contributed by atoms with Crippen molar-refractivity contribution in [1.82, 2.24) is 8.87 Å². The number of carbonyl (C=O) groups is 1. The summed E-state index contributed by atoms with van der Waals surface area (Å²) in [5, 5.41) is 9.43. The number of aliphatic carboxylic acids is 1. The number of hydrogen-bond acceptors (Lipinski definition) is 3. The number of carboxylic acids is 1. The Morgan fingerprint density at radius 3 is 2.50 bits per heavy atom. The van der Waals surface area contributed by atoms with Crippen molar-refractivity contribution in [2.24, 2.45) is 5.41 Å². The predicted octanol–water partition coefficient (Wildman–Crippen LogP) is 5.48. The lowest BCUT2D eigenvalue weighted by Gasteiger charge is -2.31. The zero-order valence-electron chi connectivity index (χ0n) is 18.5. The average Bonchev–Trinajstić information content (AvgIpc) is 2.94. The van der Waals surface area contributed by atoms with Crippen LogP contribution in [0.1, 0.15) is 67.6 Å². The molecule has 1 saturated heterocycles. The van der Waals surface area contributed by atoms with Gasteiger partial charge in [-0.1, -0.05) is 32.4 Å². The fourth-order valence-electron chi connectivity index (χ4n) is 5.00. The zero-order chi connectivity index (χ0) is 21.3. The van der Waals surface area contributed by atoms with Crippen molar-refractivity contribution in [3.63, 3.8) is 0 Å². The van der Waals surface area contributed by atoms with E-state index in [9.17, 15) is 9.90 Å². The van der Waals surface area contributed by atoms with Gasteiger partial charge in [0, 0.05) is 29.4 Å². The van der Waals surface area contributed by atoms with Crippen LogP contribution in [0.4, 0.5) is 0 Å². The number of aromatic nitrogens is 1. The van der Waals surface area contributed by atoms with E-state index < -0.39 is 5.97 Å². The molecule has 0 amide bonds. The summed E-state index contributed by atoms with van der Waals surface area (Å²) in [5.74, 6) is -0.758. The lowest BCUT2D eigenvalue weighted by molar-refractivity contribution is -0.137. The van der Waals surface area contributed by atoms with Gasteiger partial charge in [-0.25, -0.2) is 4.31 Å². The third kappa shape index (κ3) is 4.78. The summed E-state index contributed by atoms with van der Waals surface area (Å²) in [4.78, 5) is 12.8. The van der Waals surface area contributed by atoms with Crippen LogP contribution >= 0.6 is 11.9 Å². The van der Waals surface area contributed by atoms with Crippen LogP contribution in [0.2, 0.25) is 0 Å². The Balaban J connectivity index is 1.56. The Morgan fingerprint density at radius 1 is 1.13 bits per heavy atom. The number of rotatable bonds is 6. The number of benzene rings is 1. The molecule has 4 nitrogen and oxygen atoms in total. The van der Waals surface area contributed by atoms with E-state index in [2.05, 4.69) is 53.9 Å². The summed E-state index contributed by atoms with van der Waals surface area (Å²) in [6.45, 7) is 9.20. The predicted molar refractivity (Wildman–Crippen MR) is 123 cm³/mol. The van der Waals surface area contributed by atoms with E-state index >= 15 is 0 Å². The summed E-state index contributed by atoms with van der Waals surface area (Å²) < 4.78 is 4.54. The van der Waals surface area contributed by atoms with E-state index in [1.54, 1.807) is 0 Å². The van der Waals surface area contributed by atoms with Gasteiger partial charge in [0.05, 0.1) is 0 Å². The van der Waals surface area contributed by atoms with Crippen molar-refractivity contribution in [3.05, 3.63) is 52.3 Å². The number of piperidine rings is 1. The second-order valence-corrected chi connectivity index (χ2v) is 10.9. The average molecular weight is 427 g/mol. The van der Waals surface area contributed by atoms with E-state index in [4.69, 9.17) is 0 Å². The molecular formula is C25H34N2O2S. The smallest absolute Gasteiger partial charge is 0.323 e. The number of carboxylic acid groups (broad SMARTS) is 1. The molecule has 1 aliphatic carbocycles. The van der Waals surface area contributed by atoms with Crippen molar-refractivity contribution in [3.8, 4) is 0 Å². The highest BCUT2D eigenvalue weighted by Gasteiger charge is 2.31. The van der Waals surface area contributed by atoms with Crippen molar-refractivity contribution >= 4 is 17.9 Å². The van der Waals surface area contributed by atoms with Gasteiger partial charge in [-0.2, -0.15) is 0 Å². The maximum absolute atomic E-state index is 11.5. The van der Waals surface area contributed by atoms with Crippen LogP contribution in [0.5, 0.6) is 0 Å². The van der Waals surface area contributed by atoms with Gasteiger partial charge in [0.25, 0.3) is 0 Å². The van der Waals surface area contributed by atoms with Gasteiger partial charge in [-0.3, -0.25) is 4.79 Å². The topological polar surface area (TPSA) is 45.5 Å². The van der Waals surface area contributed by atoms with Gasteiger partial charge in [-0.05, 0) is 91.6 Å². The first-order valence-electron chi connectivity index (χ1n) is 11.3. The molecule has 0 bridgehead atoms. The van der Waals surface area contributed by atoms with Crippen LogP contribution in [0, 0.1) is 12.3 Å². The highest BCUT2D eigenvalue weighted by Crippen LogP contribution is 2.39. The lowest BCUT2D eigenvalue weighted by atomic mass is 9.75. The Morgan fingerprint density at radius 2 is 1.83 bits per heavy atom. The molecule has 1 fully saturated rings. The maximum Gasteiger partial charge on any atom is 0.323 e. The summed E-state index contributed by atoms with van der Waals surface area (Å²) in [6, 6.07) is 8.99. The van der Waals surface area contributed by atoms with E-state index in [1.165, 1.54) is 59.6 Å². The third-order valence-corrected chi connectivity index (χ3v) is 7.83. The molecule has 30 heavy (non-hydrogen) atoms. The molecule has 1 aliphatic heterocycles. The molecule has 0 atom stereocenters. The van der Waals surface area contributed by atoms with Gasteiger partial charge in [0.15, 0.2) is 0 Å². The van der Waals surface area contributed by atoms with Crippen molar-refractivity contribution in [2.45, 2.75) is 77.2 Å². The van der Waals surface area contributed by atoms with Crippen molar-refractivity contribution in [2.75, 3.05) is 13.1 Å². The van der Waals surface area contributed by atoms with E-state index in [0.29, 0.717) is 0 Å². The standard InChI is InChI=1S/C25H34N2O2S/c1-18-21(22-16-25(2,3)12-11-23(22)27(18)17-24(28)29)15-19-7-9-20(10-8-19)30-26-13-5-4-6-14-26/h7-10H,4-6,11-17H2,1-3H3,(H,28,29). The van der Waals surface area contributed by atoms with E-state index in [-0.39, 0.29) is 12.0 Å². The quantitative estimate of drug-likeness (QED) is 0.621. The zero-order valence-corrected chi connectivity index (χ0v) is 19.4. The highest BCUT2D eigenvalue weighted by atomic mass is 32.2. The Labute approximate surface area is 184 Å². The Bertz CT molecular complexity index is 908. The second kappa shape index (κ2) is 8.80. The third-order valence-electron chi connectivity index (χ3n) is 6.72. The Kier molecular flexibility index (Phi) is 6.31. The summed E-state index contributed by atoms with van der Waals surface area (Å²) in [5.41, 5.74) is 6.71. The fourth-order valence-corrected chi connectivity index (χ4v) is 6.00. The normalized spacial score (nSPS) is 18.9. The van der Waals surface area contributed by atoms with Gasteiger partial charge in [0.1, 0.15) is 6.54 Å². The molecule has 2 aromatic rings. The molecule has 1 N–H and O–H groups in total. The summed E-state index contributed by atoms with van der Waals surface area (Å²) in [7, 11) is 0. The first kappa shape index (κ1) is 21.5. The van der Waals surface area contributed by atoms with Crippen LogP contribution in [0.3, 0.4) is 0 Å². The highest BCUT2D eigenvalue weighted by molar-refractivity contribution is 7.97. The monoisotopic (exact) mass is 426 g/mol. The number of nitrogens with zero attached hydrogens (tertiary/aromatic N) is 2. The van der Waals surface area contributed by atoms with Gasteiger partial charge in [-0.15, -0.1) is 0 Å². The van der Waals surface area contributed by atoms with Gasteiger partial charge < -0.3 is 9.67 Å². The molecule has 4 rings (SSSR count). The van der Waals surface area contributed by atoms with Crippen LogP contribution in [-0.2, 0) is 30.6 Å². The Hall–Kier alpha value is -1.72. The van der Waals surface area contributed by atoms with Crippen LogP contribution in [0.25, 0.3) is 0 Å². The first-order chi connectivity index (χ1) is 14.3. The minimum atomic E-state index is -0.758. The number of fused-ring (bicyclic) bond motifs is 1. The lowest BCUT2D eigenvalue weighted by Crippen LogP contribution is -2.24. The largest absolute Gasteiger partial charge is 0.480 e. The molecule has 2 aliphatic rings. The van der Waals surface area contributed by atoms with Crippen molar-refractivity contribution in [1.29, 1.82) is 0 Å². The van der Waals surface area contributed by atoms with Gasteiger partial charge in [0.2, 0.25) is 0 Å². The molecule has 0 spiro atoms. The van der Waals surface area contributed by atoms with Crippen molar-refractivity contribution < 1.29 is 9.90 Å². The molecule has 1 aromatic heterocycles. The SMILES string of the molecule is Cc1c(Cc2ccc(SN3CCCCC3)cc2)c2c(n1CC(=O)O)CCC(C)(C)C2. The molecule has 162 valence electrons. The van der Waals surface area contributed by atoms with Crippen LogP contribution in [0.15, 0.2) is 29.2 Å². The molecule has 0 radical (unpaired) electrons. The van der Waals surface area contributed by atoms with Crippen LogP contribution < -0.4 is 0 Å². The molecule has 1 aromatic carbocycles. The van der Waals surface area contributed by atoms with E-state index in [1.807, 2.05) is 11.9 Å². The minimum Gasteiger partial charge on any atom is -0.480 e. The summed E-state index contributed by atoms with van der Waals surface area (Å²) >= 11 is 1.88. The fraction of sp³-hybridized carbons (Fsp3) is 0.560. The maximum atomic E-state index is 11.5. The molecule has 0 unspecified atom stereocenters. The van der Waals surface area contributed by atoms with Crippen LogP contribution in [-0.4, -0.2) is 33.0 Å². The molecule has 5 heteroatoms. The molecule has 0 saturated carbocycles.